The number of ether oxygens (including phenoxy) is 1. The molecular formula is C22H27N7O4S. The number of nitrogens with two attached hydrogens (primary N) is 1. The molecule has 180 valence electrons. The zero-order valence-electron chi connectivity index (χ0n) is 19.5. The zero-order chi connectivity index (χ0) is 24.6. The highest BCUT2D eigenvalue weighted by Gasteiger charge is 2.30. The highest BCUT2D eigenvalue weighted by molar-refractivity contribution is 7.89. The molecule has 1 amide bonds. The van der Waals surface area contributed by atoms with Gasteiger partial charge in [0.2, 0.25) is 10.0 Å². The standard InChI is InChI=1S/C22H27N7O4S/c1-14-15(2)29(13-24-14)21-12-20(25-16(3)26-21)27-7-9-28(10-8-27)34(31,32)17-5-6-19(33-4)18(11-17)22(23)30/h5-6,11-13H,7-10H2,1-4H3,(H2,23,30). The number of carbonyl (C=O) groups excluding carboxylic acids is 1. The summed E-state index contributed by atoms with van der Waals surface area (Å²) < 4.78 is 34.9. The number of hydrogen-bond donors (Lipinski definition) is 1. The Morgan fingerprint density at radius 2 is 1.71 bits per heavy atom. The number of sulfonamides is 1. The number of imidazole rings is 1. The van der Waals surface area contributed by atoms with Crippen LogP contribution in [0, 0.1) is 20.8 Å². The third kappa shape index (κ3) is 4.33. The highest BCUT2D eigenvalue weighted by Crippen LogP contribution is 2.26. The summed E-state index contributed by atoms with van der Waals surface area (Å²) in [6.07, 6.45) is 1.73. The fourth-order valence-corrected chi connectivity index (χ4v) is 5.35. The first-order chi connectivity index (χ1) is 16.1. The van der Waals surface area contributed by atoms with Gasteiger partial charge in [0, 0.05) is 37.9 Å². The number of methoxy groups -OCH3 is 1. The average Bonchev–Trinajstić information content (AvgIpc) is 3.16. The minimum absolute atomic E-state index is 0.00155. The van der Waals surface area contributed by atoms with Gasteiger partial charge in [0.25, 0.3) is 5.91 Å². The van der Waals surface area contributed by atoms with Crippen molar-refractivity contribution in [2.45, 2.75) is 25.7 Å². The van der Waals surface area contributed by atoms with Crippen LogP contribution in [-0.2, 0) is 10.0 Å². The summed E-state index contributed by atoms with van der Waals surface area (Å²) in [7, 11) is -2.42. The van der Waals surface area contributed by atoms with Crippen molar-refractivity contribution in [2.75, 3.05) is 38.2 Å². The molecule has 1 aromatic carbocycles. The molecule has 1 aliphatic heterocycles. The summed E-state index contributed by atoms with van der Waals surface area (Å²) >= 11 is 0. The van der Waals surface area contributed by atoms with Gasteiger partial charge in [-0.2, -0.15) is 4.31 Å². The zero-order valence-corrected chi connectivity index (χ0v) is 20.3. The van der Waals surface area contributed by atoms with E-state index in [1.54, 1.807) is 6.33 Å². The van der Waals surface area contributed by atoms with Crippen LogP contribution < -0.4 is 15.4 Å². The van der Waals surface area contributed by atoms with Crippen LogP contribution >= 0.6 is 0 Å². The summed E-state index contributed by atoms with van der Waals surface area (Å²) in [6.45, 7) is 7.18. The second-order valence-corrected chi connectivity index (χ2v) is 9.97. The largest absolute Gasteiger partial charge is 0.496 e. The number of nitrogens with zero attached hydrogens (tertiary/aromatic N) is 6. The lowest BCUT2D eigenvalue weighted by Gasteiger charge is -2.35. The number of rotatable bonds is 6. The van der Waals surface area contributed by atoms with Gasteiger partial charge in [0.05, 0.1) is 23.3 Å². The number of aromatic nitrogens is 4. The second-order valence-electron chi connectivity index (χ2n) is 8.03. The molecule has 12 heteroatoms. The molecule has 0 bridgehead atoms. The lowest BCUT2D eigenvalue weighted by molar-refractivity contribution is 0.0997. The Morgan fingerprint density at radius 3 is 2.29 bits per heavy atom. The predicted molar refractivity (Wildman–Crippen MR) is 126 cm³/mol. The maximum absolute atomic E-state index is 13.2. The van der Waals surface area contributed by atoms with Crippen molar-refractivity contribution in [3.63, 3.8) is 0 Å². The summed E-state index contributed by atoms with van der Waals surface area (Å²) in [5.74, 6) is 1.54. The van der Waals surface area contributed by atoms with Crippen LogP contribution in [0.1, 0.15) is 27.6 Å². The molecule has 0 unspecified atom stereocenters. The number of primary amides is 1. The normalized spacial score (nSPS) is 14.9. The Balaban J connectivity index is 1.54. The van der Waals surface area contributed by atoms with E-state index < -0.39 is 15.9 Å². The lowest BCUT2D eigenvalue weighted by atomic mass is 10.2. The second kappa shape index (κ2) is 9.03. The SMILES string of the molecule is COc1ccc(S(=O)(=O)N2CCN(c3cc(-n4cnc(C)c4C)nc(C)n3)CC2)cc1C(N)=O. The van der Waals surface area contributed by atoms with E-state index in [9.17, 15) is 13.2 Å². The van der Waals surface area contributed by atoms with Crippen molar-refractivity contribution < 1.29 is 17.9 Å². The fraction of sp³-hybridized carbons (Fsp3) is 0.364. The lowest BCUT2D eigenvalue weighted by Crippen LogP contribution is -2.49. The van der Waals surface area contributed by atoms with Crippen LogP contribution in [0.15, 0.2) is 35.5 Å². The molecule has 3 heterocycles. The maximum atomic E-state index is 13.2. The highest BCUT2D eigenvalue weighted by atomic mass is 32.2. The molecule has 0 aliphatic carbocycles. The van der Waals surface area contributed by atoms with E-state index in [2.05, 4.69) is 15.0 Å². The van der Waals surface area contributed by atoms with Gasteiger partial charge in [-0.25, -0.2) is 23.4 Å². The van der Waals surface area contributed by atoms with E-state index in [1.807, 2.05) is 36.3 Å². The minimum Gasteiger partial charge on any atom is -0.496 e. The number of carbonyl (C=O) groups is 1. The van der Waals surface area contributed by atoms with Gasteiger partial charge < -0.3 is 15.4 Å². The Morgan fingerprint density at radius 1 is 1.03 bits per heavy atom. The molecule has 0 radical (unpaired) electrons. The number of anilines is 1. The fourth-order valence-electron chi connectivity index (χ4n) is 3.90. The summed E-state index contributed by atoms with van der Waals surface area (Å²) in [6, 6.07) is 6.00. The average molecular weight is 486 g/mol. The van der Waals surface area contributed by atoms with E-state index in [0.29, 0.717) is 24.7 Å². The molecule has 2 aromatic heterocycles. The van der Waals surface area contributed by atoms with Gasteiger partial charge in [-0.1, -0.05) is 0 Å². The number of benzene rings is 1. The van der Waals surface area contributed by atoms with Crippen molar-refractivity contribution >= 4 is 21.7 Å². The molecule has 34 heavy (non-hydrogen) atoms. The van der Waals surface area contributed by atoms with E-state index in [0.717, 1.165) is 17.2 Å². The first-order valence-electron chi connectivity index (χ1n) is 10.7. The van der Waals surface area contributed by atoms with Gasteiger partial charge in [-0.15, -0.1) is 0 Å². The smallest absolute Gasteiger partial charge is 0.252 e. The number of amides is 1. The Kier molecular flexibility index (Phi) is 6.28. The van der Waals surface area contributed by atoms with Crippen LogP contribution in [0.5, 0.6) is 5.75 Å². The summed E-state index contributed by atoms with van der Waals surface area (Å²) in [5, 5.41) is 0. The molecular weight excluding hydrogens is 458 g/mol. The first kappa shape index (κ1) is 23.6. The van der Waals surface area contributed by atoms with E-state index in [1.165, 1.54) is 29.6 Å². The molecule has 0 spiro atoms. The third-order valence-corrected chi connectivity index (χ3v) is 7.84. The minimum atomic E-state index is -3.81. The maximum Gasteiger partial charge on any atom is 0.252 e. The van der Waals surface area contributed by atoms with Crippen LogP contribution in [0.3, 0.4) is 0 Å². The number of aryl methyl sites for hydroxylation is 2. The molecule has 2 N–H and O–H groups in total. The van der Waals surface area contributed by atoms with Gasteiger partial charge in [-0.05, 0) is 39.0 Å². The van der Waals surface area contributed by atoms with Crippen molar-refractivity contribution in [3.05, 3.63) is 53.4 Å². The van der Waals surface area contributed by atoms with Crippen molar-refractivity contribution in [2.24, 2.45) is 5.73 Å². The van der Waals surface area contributed by atoms with Gasteiger partial charge in [0.1, 0.15) is 29.5 Å². The van der Waals surface area contributed by atoms with Crippen molar-refractivity contribution in [1.82, 2.24) is 23.8 Å². The van der Waals surface area contributed by atoms with Crippen molar-refractivity contribution in [1.29, 1.82) is 0 Å². The monoisotopic (exact) mass is 485 g/mol. The Bertz CT molecular complexity index is 1350. The topological polar surface area (TPSA) is 137 Å². The van der Waals surface area contributed by atoms with Gasteiger partial charge >= 0.3 is 0 Å². The third-order valence-electron chi connectivity index (χ3n) is 5.95. The summed E-state index contributed by atoms with van der Waals surface area (Å²) in [4.78, 5) is 27.2. The number of hydrogen-bond acceptors (Lipinski definition) is 8. The molecule has 1 fully saturated rings. The first-order valence-corrected chi connectivity index (χ1v) is 12.2. The van der Waals surface area contributed by atoms with Crippen LogP contribution in [0.2, 0.25) is 0 Å². The molecule has 1 saturated heterocycles. The van der Waals surface area contributed by atoms with Crippen molar-refractivity contribution in [3.8, 4) is 11.6 Å². The quantitative estimate of drug-likeness (QED) is 0.550. The van der Waals surface area contributed by atoms with E-state index in [4.69, 9.17) is 10.5 Å². The van der Waals surface area contributed by atoms with E-state index in [-0.39, 0.29) is 29.3 Å². The molecule has 3 aromatic rings. The molecule has 0 saturated carbocycles. The number of piperazine rings is 1. The van der Waals surface area contributed by atoms with Crippen LogP contribution in [0.25, 0.3) is 5.82 Å². The van der Waals surface area contributed by atoms with E-state index >= 15 is 0 Å². The van der Waals surface area contributed by atoms with Gasteiger partial charge in [-0.3, -0.25) is 9.36 Å². The predicted octanol–water partition coefficient (Wildman–Crippen LogP) is 1.21. The van der Waals surface area contributed by atoms with Crippen LogP contribution in [0.4, 0.5) is 5.82 Å². The molecule has 0 atom stereocenters. The Labute approximate surface area is 198 Å². The Hall–Kier alpha value is -3.51. The van der Waals surface area contributed by atoms with Gasteiger partial charge in [0.15, 0.2) is 0 Å². The summed E-state index contributed by atoms with van der Waals surface area (Å²) in [5.41, 5.74) is 7.33. The molecule has 11 nitrogen and oxygen atoms in total. The molecule has 4 rings (SSSR count). The molecule has 1 aliphatic rings. The van der Waals surface area contributed by atoms with Crippen LogP contribution in [-0.4, -0.2) is 71.4 Å².